The number of anilines is 1. The predicted octanol–water partition coefficient (Wildman–Crippen LogP) is 3.61. The van der Waals surface area contributed by atoms with E-state index in [4.69, 9.17) is 4.52 Å². The van der Waals surface area contributed by atoms with Crippen LogP contribution in [-0.2, 0) is 0 Å². The topological polar surface area (TPSA) is 55.1 Å². The van der Waals surface area contributed by atoms with Crippen LogP contribution in [0.1, 0.15) is 27.4 Å². The van der Waals surface area contributed by atoms with E-state index >= 15 is 0 Å². The van der Waals surface area contributed by atoms with Gasteiger partial charge in [0.25, 0.3) is 5.91 Å². The molecule has 5 heteroatoms. The summed E-state index contributed by atoms with van der Waals surface area (Å²) < 4.78 is 5.93. The van der Waals surface area contributed by atoms with Gasteiger partial charge in [0.1, 0.15) is 5.76 Å². The van der Waals surface area contributed by atoms with E-state index in [9.17, 15) is 4.79 Å². The lowest BCUT2D eigenvalue weighted by molar-refractivity contribution is 0.101. The van der Waals surface area contributed by atoms with Crippen molar-refractivity contribution in [1.29, 1.82) is 0 Å². The van der Waals surface area contributed by atoms with Crippen LogP contribution in [0.2, 0.25) is 0 Å². The molecule has 0 atom stereocenters. The summed E-state index contributed by atoms with van der Waals surface area (Å²) in [4.78, 5) is 11.9. The van der Waals surface area contributed by atoms with Gasteiger partial charge in [0.15, 0.2) is 5.69 Å². The molecule has 1 aromatic carbocycles. The highest BCUT2D eigenvalue weighted by atomic mass is 79.9. The second kappa shape index (κ2) is 4.94. The van der Waals surface area contributed by atoms with Crippen LogP contribution in [0.3, 0.4) is 0 Å². The van der Waals surface area contributed by atoms with Crippen molar-refractivity contribution in [2.45, 2.75) is 20.8 Å². The van der Waals surface area contributed by atoms with E-state index in [2.05, 4.69) is 26.4 Å². The molecule has 4 nitrogen and oxygen atoms in total. The summed E-state index contributed by atoms with van der Waals surface area (Å²) in [5, 5.41) is 6.48. The number of aromatic nitrogens is 1. The minimum atomic E-state index is -0.270. The van der Waals surface area contributed by atoms with Crippen LogP contribution in [0.4, 0.5) is 5.69 Å². The van der Waals surface area contributed by atoms with Crippen LogP contribution >= 0.6 is 15.9 Å². The molecule has 94 valence electrons. The molecule has 0 aliphatic rings. The number of carbonyl (C=O) groups is 1. The number of carbonyl (C=O) groups excluding carboxylic acids is 1. The van der Waals surface area contributed by atoms with Gasteiger partial charge in [-0.2, -0.15) is 0 Å². The number of amides is 1. The number of halogens is 1. The van der Waals surface area contributed by atoms with Crippen LogP contribution in [-0.4, -0.2) is 11.1 Å². The second-order valence-corrected chi connectivity index (χ2v) is 4.99. The molecule has 0 spiro atoms. The standard InChI is InChI=1S/C13H13BrN2O2/c1-7-4-10(5-8(2)12(7)14)15-13(17)11-6-9(3)18-16-11/h4-6H,1-3H3,(H,15,17). The maximum atomic E-state index is 11.9. The summed E-state index contributed by atoms with van der Waals surface area (Å²) in [7, 11) is 0. The lowest BCUT2D eigenvalue weighted by Gasteiger charge is -2.08. The predicted molar refractivity (Wildman–Crippen MR) is 72.8 cm³/mol. The van der Waals surface area contributed by atoms with Crippen molar-refractivity contribution in [2.75, 3.05) is 5.32 Å². The third-order valence-corrected chi connectivity index (χ3v) is 3.81. The average molecular weight is 309 g/mol. The number of hydrogen-bond donors (Lipinski definition) is 1. The maximum absolute atomic E-state index is 11.9. The van der Waals surface area contributed by atoms with Gasteiger partial charge < -0.3 is 9.84 Å². The lowest BCUT2D eigenvalue weighted by Crippen LogP contribution is -2.12. The molecule has 1 aromatic heterocycles. The number of aryl methyl sites for hydroxylation is 3. The number of rotatable bonds is 2. The van der Waals surface area contributed by atoms with Crippen molar-refractivity contribution in [1.82, 2.24) is 5.16 Å². The van der Waals surface area contributed by atoms with Gasteiger partial charge >= 0.3 is 0 Å². The first-order valence-corrected chi connectivity index (χ1v) is 6.28. The summed E-state index contributed by atoms with van der Waals surface area (Å²) in [5.74, 6) is 0.344. The summed E-state index contributed by atoms with van der Waals surface area (Å²) in [6.45, 7) is 5.71. The minimum absolute atomic E-state index is 0.270. The molecular formula is C13H13BrN2O2. The van der Waals surface area contributed by atoms with Crippen LogP contribution in [0.15, 0.2) is 27.2 Å². The summed E-state index contributed by atoms with van der Waals surface area (Å²) in [6, 6.07) is 5.41. The molecule has 0 fully saturated rings. The number of nitrogens with zero attached hydrogens (tertiary/aromatic N) is 1. The Labute approximate surface area is 113 Å². The van der Waals surface area contributed by atoms with E-state index < -0.39 is 0 Å². The molecule has 0 saturated carbocycles. The van der Waals surface area contributed by atoms with Crippen molar-refractivity contribution < 1.29 is 9.32 Å². The molecular weight excluding hydrogens is 296 g/mol. The first kappa shape index (κ1) is 12.8. The highest BCUT2D eigenvalue weighted by molar-refractivity contribution is 9.10. The molecule has 0 radical (unpaired) electrons. The van der Waals surface area contributed by atoms with E-state index in [0.29, 0.717) is 5.76 Å². The molecule has 0 aliphatic carbocycles. The largest absolute Gasteiger partial charge is 0.361 e. The zero-order valence-electron chi connectivity index (χ0n) is 10.4. The molecule has 18 heavy (non-hydrogen) atoms. The Morgan fingerprint density at radius 3 is 2.33 bits per heavy atom. The number of hydrogen-bond acceptors (Lipinski definition) is 3. The molecule has 1 amide bonds. The van der Waals surface area contributed by atoms with E-state index in [-0.39, 0.29) is 11.6 Å². The minimum Gasteiger partial charge on any atom is -0.361 e. The van der Waals surface area contributed by atoms with Crippen LogP contribution < -0.4 is 5.32 Å². The third-order valence-electron chi connectivity index (χ3n) is 2.55. The normalized spacial score (nSPS) is 10.4. The number of nitrogens with one attached hydrogen (secondary N) is 1. The van der Waals surface area contributed by atoms with E-state index in [1.165, 1.54) is 0 Å². The Morgan fingerprint density at radius 2 is 1.83 bits per heavy atom. The van der Waals surface area contributed by atoms with Crippen molar-refractivity contribution in [3.8, 4) is 0 Å². The van der Waals surface area contributed by atoms with E-state index in [1.807, 2.05) is 26.0 Å². The molecule has 1 heterocycles. The summed E-state index contributed by atoms with van der Waals surface area (Å²) in [5.41, 5.74) is 3.17. The smallest absolute Gasteiger partial charge is 0.277 e. The fourth-order valence-electron chi connectivity index (χ4n) is 1.69. The lowest BCUT2D eigenvalue weighted by atomic mass is 10.1. The fourth-order valence-corrected chi connectivity index (χ4v) is 1.92. The molecule has 0 aliphatic heterocycles. The van der Waals surface area contributed by atoms with Crippen LogP contribution in [0, 0.1) is 20.8 Å². The maximum Gasteiger partial charge on any atom is 0.277 e. The highest BCUT2D eigenvalue weighted by Gasteiger charge is 2.12. The van der Waals surface area contributed by atoms with E-state index in [1.54, 1.807) is 13.0 Å². The monoisotopic (exact) mass is 308 g/mol. The van der Waals surface area contributed by atoms with Crippen molar-refractivity contribution in [3.05, 3.63) is 45.3 Å². The van der Waals surface area contributed by atoms with Crippen LogP contribution in [0.5, 0.6) is 0 Å². The van der Waals surface area contributed by atoms with Crippen molar-refractivity contribution in [3.63, 3.8) is 0 Å². The first-order valence-electron chi connectivity index (χ1n) is 5.49. The Hall–Kier alpha value is -1.62. The van der Waals surface area contributed by atoms with Crippen LogP contribution in [0.25, 0.3) is 0 Å². The first-order chi connectivity index (χ1) is 8.47. The summed E-state index contributed by atoms with van der Waals surface area (Å²) in [6.07, 6.45) is 0. The van der Waals surface area contributed by atoms with E-state index in [0.717, 1.165) is 21.3 Å². The SMILES string of the molecule is Cc1cc(C(=O)Nc2cc(C)c(Br)c(C)c2)no1. The van der Waals surface area contributed by atoms with Gasteiger partial charge in [0.2, 0.25) is 0 Å². The van der Waals surface area contributed by atoms with Crippen molar-refractivity contribution >= 4 is 27.5 Å². The Bertz CT molecular complexity index is 582. The fraction of sp³-hybridized carbons (Fsp3) is 0.231. The highest BCUT2D eigenvalue weighted by Crippen LogP contribution is 2.25. The molecule has 2 aromatic rings. The quantitative estimate of drug-likeness (QED) is 0.922. The molecule has 2 rings (SSSR count). The van der Waals surface area contributed by atoms with Gasteiger partial charge in [0.05, 0.1) is 0 Å². The van der Waals surface area contributed by atoms with Gasteiger partial charge in [-0.15, -0.1) is 0 Å². The van der Waals surface area contributed by atoms with Gasteiger partial charge in [-0.05, 0) is 44.0 Å². The molecule has 0 saturated heterocycles. The zero-order chi connectivity index (χ0) is 13.3. The average Bonchev–Trinajstić information content (AvgIpc) is 2.72. The van der Waals surface area contributed by atoms with Gasteiger partial charge in [0, 0.05) is 16.2 Å². The third kappa shape index (κ3) is 2.61. The number of benzene rings is 1. The molecule has 1 N–H and O–H groups in total. The van der Waals surface area contributed by atoms with Gasteiger partial charge in [-0.1, -0.05) is 21.1 Å². The Morgan fingerprint density at radius 1 is 1.22 bits per heavy atom. The summed E-state index contributed by atoms with van der Waals surface area (Å²) >= 11 is 3.49. The molecule has 0 bridgehead atoms. The molecule has 0 unspecified atom stereocenters. The van der Waals surface area contributed by atoms with Gasteiger partial charge in [-0.25, -0.2) is 0 Å². The van der Waals surface area contributed by atoms with Crippen molar-refractivity contribution in [2.24, 2.45) is 0 Å². The Balaban J connectivity index is 2.22. The zero-order valence-corrected chi connectivity index (χ0v) is 12.0. The Kier molecular flexibility index (Phi) is 3.52. The van der Waals surface area contributed by atoms with Gasteiger partial charge in [-0.3, -0.25) is 4.79 Å². The second-order valence-electron chi connectivity index (χ2n) is 4.20.